The molecule has 0 aliphatic rings. The summed E-state index contributed by atoms with van der Waals surface area (Å²) in [5.41, 5.74) is 4.69. The molecule has 0 fully saturated rings. The maximum atomic E-state index is 11.9. The zero-order valence-corrected chi connectivity index (χ0v) is 20.0. The van der Waals surface area contributed by atoms with Crippen LogP contribution in [-0.4, -0.2) is 29.5 Å². The highest BCUT2D eigenvalue weighted by molar-refractivity contribution is 5.76. The Bertz CT molecular complexity index is 1150. The lowest BCUT2D eigenvalue weighted by atomic mass is 10.1. The Balaban J connectivity index is 1.62. The van der Waals surface area contributed by atoms with E-state index in [1.165, 1.54) is 0 Å². The van der Waals surface area contributed by atoms with Gasteiger partial charge in [0.1, 0.15) is 5.82 Å². The van der Waals surface area contributed by atoms with E-state index in [1.54, 1.807) is 6.20 Å². The molecule has 1 aromatic heterocycles. The minimum Gasteiger partial charge on any atom is -0.387 e. The van der Waals surface area contributed by atoms with E-state index in [-0.39, 0.29) is 5.91 Å². The summed E-state index contributed by atoms with van der Waals surface area (Å²) >= 11 is 0. The van der Waals surface area contributed by atoms with Gasteiger partial charge in [-0.05, 0) is 55.7 Å². The Hall–Kier alpha value is -4.05. The van der Waals surface area contributed by atoms with Crippen LogP contribution in [0.3, 0.4) is 0 Å². The third-order valence-electron chi connectivity index (χ3n) is 5.21. The van der Waals surface area contributed by atoms with Crippen molar-refractivity contribution >= 4 is 34.7 Å². The molecule has 7 heteroatoms. The fourth-order valence-electron chi connectivity index (χ4n) is 3.39. The first kappa shape index (κ1) is 24.6. The number of carbonyl (C=O) groups is 1. The highest BCUT2D eigenvalue weighted by atomic mass is 16.1. The van der Waals surface area contributed by atoms with Crippen molar-refractivity contribution in [3.05, 3.63) is 65.9 Å². The fourth-order valence-corrected chi connectivity index (χ4v) is 3.39. The molecule has 0 aliphatic heterocycles. The Morgan fingerprint density at radius 1 is 1.03 bits per heavy atom. The van der Waals surface area contributed by atoms with Crippen LogP contribution < -0.4 is 21.3 Å². The number of aryl methyl sites for hydroxylation is 1. The molecule has 0 unspecified atom stereocenters. The fraction of sp³-hybridized carbons (Fsp3) is 0.296. The van der Waals surface area contributed by atoms with Crippen LogP contribution in [0.4, 0.5) is 28.8 Å². The van der Waals surface area contributed by atoms with Gasteiger partial charge in [0.2, 0.25) is 11.9 Å². The molecular weight excluding hydrogens is 424 g/mol. The molecule has 0 aliphatic carbocycles. The summed E-state index contributed by atoms with van der Waals surface area (Å²) in [5.74, 6) is 7.36. The molecule has 0 bridgehead atoms. The van der Waals surface area contributed by atoms with Gasteiger partial charge in [-0.1, -0.05) is 37.5 Å². The van der Waals surface area contributed by atoms with E-state index >= 15 is 0 Å². The third kappa shape index (κ3) is 7.24. The van der Waals surface area contributed by atoms with Crippen LogP contribution in [0.5, 0.6) is 0 Å². The van der Waals surface area contributed by atoms with Crippen LogP contribution in [0.1, 0.15) is 44.2 Å². The van der Waals surface area contributed by atoms with Crippen molar-refractivity contribution in [2.75, 3.05) is 29.5 Å². The number of benzene rings is 2. The van der Waals surface area contributed by atoms with Gasteiger partial charge in [0.15, 0.2) is 0 Å². The predicted molar refractivity (Wildman–Crippen MR) is 140 cm³/mol. The van der Waals surface area contributed by atoms with Crippen LogP contribution >= 0.6 is 0 Å². The van der Waals surface area contributed by atoms with Crippen molar-refractivity contribution in [1.29, 1.82) is 0 Å². The summed E-state index contributed by atoms with van der Waals surface area (Å²) in [4.78, 5) is 20.8. The monoisotopic (exact) mass is 456 g/mol. The molecule has 34 heavy (non-hydrogen) atoms. The number of hydrogen-bond donors (Lipinski definition) is 4. The quantitative estimate of drug-likeness (QED) is 0.233. The van der Waals surface area contributed by atoms with E-state index < -0.39 is 0 Å². The lowest BCUT2D eigenvalue weighted by Crippen LogP contribution is -2.24. The van der Waals surface area contributed by atoms with Gasteiger partial charge in [0.05, 0.1) is 16.9 Å². The van der Waals surface area contributed by atoms with Crippen LogP contribution in [0.2, 0.25) is 0 Å². The second kappa shape index (κ2) is 12.9. The highest BCUT2D eigenvalue weighted by Gasteiger charge is 2.08. The first-order valence-electron chi connectivity index (χ1n) is 11.6. The first-order valence-corrected chi connectivity index (χ1v) is 11.6. The largest absolute Gasteiger partial charge is 0.387 e. The summed E-state index contributed by atoms with van der Waals surface area (Å²) in [7, 11) is 1.88. The Morgan fingerprint density at radius 2 is 1.82 bits per heavy atom. The van der Waals surface area contributed by atoms with Crippen LogP contribution in [0, 0.1) is 11.8 Å². The van der Waals surface area contributed by atoms with Crippen molar-refractivity contribution in [1.82, 2.24) is 15.3 Å². The molecule has 0 saturated heterocycles. The molecule has 3 rings (SSSR count). The second-order valence-electron chi connectivity index (χ2n) is 7.77. The molecule has 176 valence electrons. The van der Waals surface area contributed by atoms with Crippen molar-refractivity contribution in [3.8, 4) is 11.8 Å². The van der Waals surface area contributed by atoms with E-state index in [2.05, 4.69) is 50.0 Å². The number of amides is 1. The number of carbonyl (C=O) groups excluding carboxylic acids is 1. The summed E-state index contributed by atoms with van der Waals surface area (Å²) in [5, 5.41) is 12.7. The number of nitrogens with one attached hydrogen (secondary N) is 4. The van der Waals surface area contributed by atoms with Gasteiger partial charge in [-0.2, -0.15) is 4.98 Å². The van der Waals surface area contributed by atoms with Crippen molar-refractivity contribution < 1.29 is 4.79 Å². The summed E-state index contributed by atoms with van der Waals surface area (Å²) < 4.78 is 0. The van der Waals surface area contributed by atoms with Crippen LogP contribution in [0.15, 0.2) is 54.7 Å². The maximum Gasteiger partial charge on any atom is 0.229 e. The second-order valence-corrected chi connectivity index (χ2v) is 7.77. The zero-order valence-electron chi connectivity index (χ0n) is 20.0. The van der Waals surface area contributed by atoms with E-state index in [1.807, 2.05) is 62.5 Å². The lowest BCUT2D eigenvalue weighted by molar-refractivity contribution is -0.121. The van der Waals surface area contributed by atoms with Crippen molar-refractivity contribution in [3.63, 3.8) is 0 Å². The Kier molecular flexibility index (Phi) is 9.29. The SMILES string of the molecule is CC#Cc1c(NC)cccc1Nc1ccnc(Nc2ccc(CCC(=O)NCCCC)cc2)n1. The third-order valence-corrected chi connectivity index (χ3v) is 5.21. The Labute approximate surface area is 201 Å². The smallest absolute Gasteiger partial charge is 0.229 e. The van der Waals surface area contributed by atoms with Gasteiger partial charge >= 0.3 is 0 Å². The molecule has 0 atom stereocenters. The van der Waals surface area contributed by atoms with Crippen molar-refractivity contribution in [2.24, 2.45) is 0 Å². The summed E-state index contributed by atoms with van der Waals surface area (Å²) in [6.45, 7) is 4.68. The first-order chi connectivity index (χ1) is 16.6. The molecule has 1 heterocycles. The van der Waals surface area contributed by atoms with Crippen molar-refractivity contribution in [2.45, 2.75) is 39.5 Å². The topological polar surface area (TPSA) is 91.0 Å². The van der Waals surface area contributed by atoms with E-state index in [0.717, 1.165) is 47.6 Å². The van der Waals surface area contributed by atoms with E-state index in [9.17, 15) is 4.79 Å². The number of anilines is 5. The average molecular weight is 457 g/mol. The average Bonchev–Trinajstić information content (AvgIpc) is 2.85. The molecular formula is C27H32N6O. The van der Waals surface area contributed by atoms with E-state index in [0.29, 0.717) is 24.6 Å². The van der Waals surface area contributed by atoms with Gasteiger partial charge in [0.25, 0.3) is 0 Å². The van der Waals surface area contributed by atoms with Gasteiger partial charge in [-0.3, -0.25) is 4.79 Å². The van der Waals surface area contributed by atoms with Gasteiger partial charge in [-0.25, -0.2) is 4.98 Å². The van der Waals surface area contributed by atoms with E-state index in [4.69, 9.17) is 0 Å². The van der Waals surface area contributed by atoms with Gasteiger partial charge in [0, 0.05) is 31.9 Å². The molecule has 0 saturated carbocycles. The number of rotatable bonds is 11. The Morgan fingerprint density at radius 3 is 2.56 bits per heavy atom. The molecule has 3 aromatic rings. The number of hydrogen-bond acceptors (Lipinski definition) is 6. The highest BCUT2D eigenvalue weighted by Crippen LogP contribution is 2.26. The molecule has 7 nitrogen and oxygen atoms in total. The molecule has 4 N–H and O–H groups in total. The molecule has 1 amide bonds. The lowest BCUT2D eigenvalue weighted by Gasteiger charge is -2.13. The van der Waals surface area contributed by atoms with Crippen LogP contribution in [0.25, 0.3) is 0 Å². The standard InChI is InChI=1S/C27H32N6O/c1-4-6-18-29-26(34)16-13-20-11-14-21(15-12-20)31-27-30-19-17-25(33-27)32-24-10-7-9-23(28-3)22(24)8-5-2/h7,9-12,14-15,17,19,28H,4,6,13,16,18H2,1-3H3,(H,29,34)(H2,30,31,32,33). The zero-order chi connectivity index (χ0) is 24.2. The van der Waals surface area contributed by atoms with Crippen LogP contribution in [-0.2, 0) is 11.2 Å². The normalized spacial score (nSPS) is 10.1. The summed E-state index contributed by atoms with van der Waals surface area (Å²) in [6, 6.07) is 15.7. The number of nitrogens with zero attached hydrogens (tertiary/aromatic N) is 2. The van der Waals surface area contributed by atoms with Gasteiger partial charge in [-0.15, -0.1) is 5.92 Å². The minimum atomic E-state index is 0.0988. The summed E-state index contributed by atoms with van der Waals surface area (Å²) in [6.07, 6.45) is 5.00. The molecule has 0 radical (unpaired) electrons. The van der Waals surface area contributed by atoms with Gasteiger partial charge < -0.3 is 21.3 Å². The number of aromatic nitrogens is 2. The minimum absolute atomic E-state index is 0.0988. The molecule has 2 aromatic carbocycles. The maximum absolute atomic E-state index is 11.9. The predicted octanol–water partition coefficient (Wildman–Crippen LogP) is 5.23. The number of unbranched alkanes of at least 4 members (excludes halogenated alkanes) is 1. The molecule has 0 spiro atoms.